The number of thiophene rings is 1. The van der Waals surface area contributed by atoms with Gasteiger partial charge in [0.25, 0.3) is 5.56 Å². The summed E-state index contributed by atoms with van der Waals surface area (Å²) in [4.78, 5) is 18.0. The molecular weight excluding hydrogens is 406 g/mol. The zero-order valence-electron chi connectivity index (χ0n) is 17.1. The van der Waals surface area contributed by atoms with E-state index in [-0.39, 0.29) is 5.56 Å². The van der Waals surface area contributed by atoms with Gasteiger partial charge in [0.2, 0.25) is 0 Å². The van der Waals surface area contributed by atoms with Gasteiger partial charge in [0.15, 0.2) is 0 Å². The van der Waals surface area contributed by atoms with Crippen LogP contribution < -0.4 is 10.3 Å². The van der Waals surface area contributed by atoms with Gasteiger partial charge in [-0.05, 0) is 25.1 Å². The van der Waals surface area contributed by atoms with Crippen molar-refractivity contribution in [3.63, 3.8) is 0 Å². The molecule has 0 atom stereocenters. The fourth-order valence-corrected chi connectivity index (χ4v) is 4.70. The number of aryl methyl sites for hydroxylation is 2. The molecule has 31 heavy (non-hydrogen) atoms. The molecule has 0 amide bonds. The van der Waals surface area contributed by atoms with Crippen molar-refractivity contribution in [3.8, 4) is 16.9 Å². The molecule has 0 aliphatic rings. The highest BCUT2D eigenvalue weighted by atomic mass is 32.1. The lowest BCUT2D eigenvalue weighted by molar-refractivity contribution is 0.341. The second-order valence-electron chi connectivity index (χ2n) is 7.24. The van der Waals surface area contributed by atoms with E-state index in [2.05, 4.69) is 11.2 Å². The molecule has 5 nitrogen and oxygen atoms in total. The molecule has 3 heterocycles. The molecule has 0 unspecified atom stereocenters. The maximum absolute atomic E-state index is 13.3. The van der Waals surface area contributed by atoms with Crippen molar-refractivity contribution in [2.45, 2.75) is 19.9 Å². The second kappa shape index (κ2) is 8.32. The van der Waals surface area contributed by atoms with Gasteiger partial charge in [-0.1, -0.05) is 42.5 Å². The SMILES string of the molecule is CCOc1ccccc1-c1csc2cnn(CCc3ccc4ccccc4n3)c(=O)c12. The van der Waals surface area contributed by atoms with Crippen LogP contribution in [0.25, 0.3) is 32.1 Å². The Morgan fingerprint density at radius 3 is 2.74 bits per heavy atom. The number of para-hydroxylation sites is 2. The summed E-state index contributed by atoms with van der Waals surface area (Å²) in [6, 6.07) is 20.0. The molecule has 0 spiro atoms. The smallest absolute Gasteiger partial charge is 0.276 e. The molecule has 5 rings (SSSR count). The van der Waals surface area contributed by atoms with E-state index in [4.69, 9.17) is 9.72 Å². The topological polar surface area (TPSA) is 57.0 Å². The maximum Gasteiger partial charge on any atom is 0.276 e. The number of pyridine rings is 1. The van der Waals surface area contributed by atoms with Crippen molar-refractivity contribution in [2.75, 3.05) is 6.61 Å². The minimum absolute atomic E-state index is 0.0826. The van der Waals surface area contributed by atoms with Crippen LogP contribution in [-0.2, 0) is 13.0 Å². The molecular formula is C25H21N3O2S. The molecule has 0 aliphatic heterocycles. The Morgan fingerprint density at radius 1 is 1.00 bits per heavy atom. The number of ether oxygens (including phenoxy) is 1. The summed E-state index contributed by atoms with van der Waals surface area (Å²) >= 11 is 1.53. The van der Waals surface area contributed by atoms with Gasteiger partial charge in [-0.15, -0.1) is 11.3 Å². The predicted molar refractivity (Wildman–Crippen MR) is 126 cm³/mol. The van der Waals surface area contributed by atoms with Crippen molar-refractivity contribution in [1.29, 1.82) is 0 Å². The van der Waals surface area contributed by atoms with Crippen molar-refractivity contribution in [2.24, 2.45) is 0 Å². The van der Waals surface area contributed by atoms with Crippen molar-refractivity contribution in [3.05, 3.63) is 88.3 Å². The molecule has 154 valence electrons. The highest BCUT2D eigenvalue weighted by Crippen LogP contribution is 2.36. The summed E-state index contributed by atoms with van der Waals surface area (Å²) in [5.41, 5.74) is 3.65. The lowest BCUT2D eigenvalue weighted by Crippen LogP contribution is -2.23. The van der Waals surface area contributed by atoms with Crippen LogP contribution in [0.1, 0.15) is 12.6 Å². The number of hydrogen-bond donors (Lipinski definition) is 0. The Bertz CT molecular complexity index is 1440. The minimum atomic E-state index is -0.0826. The average Bonchev–Trinajstić information content (AvgIpc) is 3.24. The molecule has 0 fully saturated rings. The Kier molecular flexibility index (Phi) is 5.22. The summed E-state index contributed by atoms with van der Waals surface area (Å²) in [6.45, 7) is 3.01. The molecule has 5 aromatic rings. The lowest BCUT2D eigenvalue weighted by atomic mass is 10.0. The van der Waals surface area contributed by atoms with Gasteiger partial charge in [0, 0.05) is 34.0 Å². The maximum atomic E-state index is 13.3. The van der Waals surface area contributed by atoms with E-state index < -0.39 is 0 Å². The first-order valence-corrected chi connectivity index (χ1v) is 11.2. The zero-order chi connectivity index (χ0) is 21.2. The van der Waals surface area contributed by atoms with E-state index in [1.54, 1.807) is 10.9 Å². The molecule has 0 saturated heterocycles. The number of benzene rings is 2. The number of hydrogen-bond acceptors (Lipinski definition) is 5. The standard InChI is InChI=1S/C25H21N3O2S/c1-2-30-22-10-6-4-8-19(22)20-16-31-23-15-26-28(25(29)24(20)23)14-13-18-12-11-17-7-3-5-9-21(17)27-18/h3-12,15-16H,2,13-14H2,1H3. The fraction of sp³-hybridized carbons (Fsp3) is 0.160. The van der Waals surface area contributed by atoms with Crippen molar-refractivity contribution >= 4 is 32.3 Å². The summed E-state index contributed by atoms with van der Waals surface area (Å²) in [5, 5.41) is 8.22. The molecule has 0 saturated carbocycles. The normalized spacial score (nSPS) is 11.3. The summed E-state index contributed by atoms with van der Waals surface area (Å²) in [6.07, 6.45) is 2.42. The van der Waals surface area contributed by atoms with E-state index in [0.29, 0.717) is 25.0 Å². The monoisotopic (exact) mass is 427 g/mol. The van der Waals surface area contributed by atoms with Crippen LogP contribution in [-0.4, -0.2) is 21.4 Å². The summed E-state index contributed by atoms with van der Waals surface area (Å²) in [5.74, 6) is 0.785. The minimum Gasteiger partial charge on any atom is -0.493 e. The first-order valence-electron chi connectivity index (χ1n) is 10.3. The van der Waals surface area contributed by atoms with Crippen LogP contribution in [0.15, 0.2) is 77.0 Å². The number of rotatable bonds is 6. The molecule has 0 aliphatic carbocycles. The number of fused-ring (bicyclic) bond motifs is 2. The Morgan fingerprint density at radius 2 is 1.84 bits per heavy atom. The van der Waals surface area contributed by atoms with Gasteiger partial charge in [-0.25, -0.2) is 4.68 Å². The first kappa shape index (κ1) is 19.5. The van der Waals surface area contributed by atoms with Crippen LogP contribution in [0.2, 0.25) is 0 Å². The second-order valence-corrected chi connectivity index (χ2v) is 8.15. The van der Waals surface area contributed by atoms with Gasteiger partial charge in [-0.2, -0.15) is 5.10 Å². The highest BCUT2D eigenvalue weighted by molar-refractivity contribution is 7.17. The van der Waals surface area contributed by atoms with Gasteiger partial charge >= 0.3 is 0 Å². The Labute approximate surface area is 183 Å². The highest BCUT2D eigenvalue weighted by Gasteiger charge is 2.16. The number of nitrogens with zero attached hydrogens (tertiary/aromatic N) is 3. The predicted octanol–water partition coefficient (Wildman–Crippen LogP) is 5.31. The van der Waals surface area contributed by atoms with E-state index in [1.165, 1.54) is 11.3 Å². The van der Waals surface area contributed by atoms with Crippen LogP contribution >= 0.6 is 11.3 Å². The molecule has 6 heteroatoms. The van der Waals surface area contributed by atoms with Crippen LogP contribution in [0.5, 0.6) is 5.75 Å². The fourth-order valence-electron chi connectivity index (χ4n) is 3.79. The van der Waals surface area contributed by atoms with Gasteiger partial charge in [0.05, 0.1) is 35.0 Å². The average molecular weight is 428 g/mol. The van der Waals surface area contributed by atoms with Crippen LogP contribution in [0.3, 0.4) is 0 Å². The van der Waals surface area contributed by atoms with Crippen LogP contribution in [0.4, 0.5) is 0 Å². The largest absolute Gasteiger partial charge is 0.493 e. The van der Waals surface area contributed by atoms with Gasteiger partial charge in [0.1, 0.15) is 5.75 Å². The summed E-state index contributed by atoms with van der Waals surface area (Å²) in [7, 11) is 0. The number of aromatic nitrogens is 3. The van der Waals surface area contributed by atoms with E-state index in [0.717, 1.165) is 38.2 Å². The zero-order valence-corrected chi connectivity index (χ0v) is 17.9. The van der Waals surface area contributed by atoms with Crippen molar-refractivity contribution in [1.82, 2.24) is 14.8 Å². The van der Waals surface area contributed by atoms with Gasteiger partial charge in [-0.3, -0.25) is 9.78 Å². The van der Waals surface area contributed by atoms with Gasteiger partial charge < -0.3 is 4.74 Å². The van der Waals surface area contributed by atoms with Crippen LogP contribution in [0, 0.1) is 0 Å². The quantitative estimate of drug-likeness (QED) is 0.368. The van der Waals surface area contributed by atoms with Crippen molar-refractivity contribution < 1.29 is 4.74 Å². The molecule has 0 radical (unpaired) electrons. The third-order valence-electron chi connectivity index (χ3n) is 5.30. The molecule has 0 bridgehead atoms. The molecule has 0 N–H and O–H groups in total. The lowest BCUT2D eigenvalue weighted by Gasteiger charge is -2.10. The molecule has 3 aromatic heterocycles. The van der Waals surface area contributed by atoms with E-state index in [9.17, 15) is 4.79 Å². The first-order chi connectivity index (χ1) is 15.2. The third kappa shape index (κ3) is 3.70. The summed E-state index contributed by atoms with van der Waals surface area (Å²) < 4.78 is 8.21. The van der Waals surface area contributed by atoms with E-state index in [1.807, 2.05) is 66.9 Å². The Balaban J connectivity index is 1.50. The Hall–Kier alpha value is -3.51. The molecule has 2 aromatic carbocycles. The van der Waals surface area contributed by atoms with E-state index >= 15 is 0 Å². The third-order valence-corrected chi connectivity index (χ3v) is 6.21.